The zero-order valence-electron chi connectivity index (χ0n) is 8.41. The van der Waals surface area contributed by atoms with E-state index >= 15 is 0 Å². The maximum absolute atomic E-state index is 9.09. The summed E-state index contributed by atoms with van der Waals surface area (Å²) in [4.78, 5) is 0. The SMILES string of the molecule is Cc1cccc(/C=C/C(C)O)c1C. The average Bonchev–Trinajstić information content (AvgIpc) is 2.07. The molecule has 1 nitrogen and oxygen atoms in total. The van der Waals surface area contributed by atoms with Crippen LogP contribution in [0.4, 0.5) is 0 Å². The van der Waals surface area contributed by atoms with Gasteiger partial charge in [-0.1, -0.05) is 30.4 Å². The summed E-state index contributed by atoms with van der Waals surface area (Å²) in [5.74, 6) is 0. The third-order valence-corrected chi connectivity index (χ3v) is 2.20. The second kappa shape index (κ2) is 4.24. The van der Waals surface area contributed by atoms with Crippen molar-refractivity contribution in [3.05, 3.63) is 41.0 Å². The molecule has 1 heteroatoms. The van der Waals surface area contributed by atoms with E-state index < -0.39 is 0 Å². The van der Waals surface area contributed by atoms with Crippen LogP contribution in [0, 0.1) is 13.8 Å². The van der Waals surface area contributed by atoms with Crippen LogP contribution < -0.4 is 0 Å². The number of benzene rings is 1. The molecular formula is C12H16O. The first-order chi connectivity index (χ1) is 6.11. The Hall–Kier alpha value is -1.08. The lowest BCUT2D eigenvalue weighted by molar-refractivity contribution is 0.245. The van der Waals surface area contributed by atoms with E-state index in [9.17, 15) is 0 Å². The van der Waals surface area contributed by atoms with Crippen molar-refractivity contribution >= 4 is 6.08 Å². The molecule has 0 aliphatic heterocycles. The van der Waals surface area contributed by atoms with Gasteiger partial charge in [0, 0.05) is 0 Å². The second-order valence-electron chi connectivity index (χ2n) is 3.39. The van der Waals surface area contributed by atoms with E-state index in [1.807, 2.05) is 12.1 Å². The molecule has 0 fully saturated rings. The van der Waals surface area contributed by atoms with Gasteiger partial charge in [-0.05, 0) is 37.5 Å². The van der Waals surface area contributed by atoms with E-state index in [1.165, 1.54) is 16.7 Å². The molecule has 13 heavy (non-hydrogen) atoms. The lowest BCUT2D eigenvalue weighted by atomic mass is 10.0. The van der Waals surface area contributed by atoms with Crippen LogP contribution in [0.25, 0.3) is 6.08 Å². The van der Waals surface area contributed by atoms with Crippen molar-refractivity contribution in [1.82, 2.24) is 0 Å². The predicted molar refractivity (Wildman–Crippen MR) is 56.6 cm³/mol. The van der Waals surface area contributed by atoms with Gasteiger partial charge < -0.3 is 5.11 Å². The maximum atomic E-state index is 9.09. The largest absolute Gasteiger partial charge is 0.389 e. The molecule has 0 heterocycles. The Morgan fingerprint density at radius 2 is 2.00 bits per heavy atom. The first-order valence-corrected chi connectivity index (χ1v) is 4.53. The number of aliphatic hydroxyl groups excluding tert-OH is 1. The zero-order chi connectivity index (χ0) is 9.84. The molecule has 0 saturated heterocycles. The molecule has 0 amide bonds. The topological polar surface area (TPSA) is 20.2 Å². The van der Waals surface area contributed by atoms with E-state index in [2.05, 4.69) is 26.0 Å². The highest BCUT2D eigenvalue weighted by Crippen LogP contribution is 2.14. The Morgan fingerprint density at radius 1 is 1.31 bits per heavy atom. The Labute approximate surface area is 79.7 Å². The van der Waals surface area contributed by atoms with E-state index in [-0.39, 0.29) is 6.10 Å². The van der Waals surface area contributed by atoms with Gasteiger partial charge in [0.05, 0.1) is 6.10 Å². The second-order valence-corrected chi connectivity index (χ2v) is 3.39. The van der Waals surface area contributed by atoms with Crippen molar-refractivity contribution in [2.45, 2.75) is 26.9 Å². The third kappa shape index (κ3) is 2.71. The van der Waals surface area contributed by atoms with Crippen molar-refractivity contribution in [3.63, 3.8) is 0 Å². The minimum absolute atomic E-state index is 0.375. The predicted octanol–water partition coefficient (Wildman–Crippen LogP) is 2.70. The fourth-order valence-corrected chi connectivity index (χ4v) is 1.20. The van der Waals surface area contributed by atoms with Crippen molar-refractivity contribution in [2.75, 3.05) is 0 Å². The lowest BCUT2D eigenvalue weighted by Crippen LogP contribution is -1.92. The average molecular weight is 176 g/mol. The number of hydrogen-bond acceptors (Lipinski definition) is 1. The van der Waals surface area contributed by atoms with E-state index in [4.69, 9.17) is 5.11 Å². The normalized spacial score (nSPS) is 13.5. The molecule has 0 saturated carbocycles. The molecule has 1 unspecified atom stereocenters. The number of aliphatic hydroxyl groups is 1. The summed E-state index contributed by atoms with van der Waals surface area (Å²) in [6, 6.07) is 6.18. The fraction of sp³-hybridized carbons (Fsp3) is 0.333. The smallest absolute Gasteiger partial charge is 0.0696 e. The first kappa shape index (κ1) is 10.0. The van der Waals surface area contributed by atoms with Crippen LogP contribution in [-0.4, -0.2) is 11.2 Å². The van der Waals surface area contributed by atoms with Crippen LogP contribution >= 0.6 is 0 Å². The summed E-state index contributed by atoms with van der Waals surface area (Å²) in [6.07, 6.45) is 3.38. The molecule has 0 aliphatic carbocycles. The van der Waals surface area contributed by atoms with Crippen molar-refractivity contribution in [2.24, 2.45) is 0 Å². The lowest BCUT2D eigenvalue weighted by Gasteiger charge is -2.03. The van der Waals surface area contributed by atoms with E-state index in [0.29, 0.717) is 0 Å². The number of aryl methyl sites for hydroxylation is 1. The summed E-state index contributed by atoms with van der Waals surface area (Å²) < 4.78 is 0. The summed E-state index contributed by atoms with van der Waals surface area (Å²) >= 11 is 0. The number of rotatable bonds is 2. The van der Waals surface area contributed by atoms with Gasteiger partial charge in [0.15, 0.2) is 0 Å². The first-order valence-electron chi connectivity index (χ1n) is 4.53. The van der Waals surface area contributed by atoms with Crippen LogP contribution in [0.3, 0.4) is 0 Å². The molecular weight excluding hydrogens is 160 g/mol. The van der Waals surface area contributed by atoms with Gasteiger partial charge in [-0.2, -0.15) is 0 Å². The van der Waals surface area contributed by atoms with E-state index in [1.54, 1.807) is 13.0 Å². The summed E-state index contributed by atoms with van der Waals surface area (Å²) in [5.41, 5.74) is 3.74. The van der Waals surface area contributed by atoms with Crippen molar-refractivity contribution in [3.8, 4) is 0 Å². The molecule has 0 bridgehead atoms. The summed E-state index contributed by atoms with van der Waals surface area (Å²) in [7, 11) is 0. The highest BCUT2D eigenvalue weighted by atomic mass is 16.3. The molecule has 1 N–H and O–H groups in total. The quantitative estimate of drug-likeness (QED) is 0.734. The maximum Gasteiger partial charge on any atom is 0.0696 e. The summed E-state index contributed by atoms with van der Waals surface area (Å²) in [6.45, 7) is 5.94. The molecule has 0 aliphatic rings. The monoisotopic (exact) mass is 176 g/mol. The van der Waals surface area contributed by atoms with Gasteiger partial charge in [0.1, 0.15) is 0 Å². The summed E-state index contributed by atoms with van der Waals surface area (Å²) in [5, 5.41) is 9.09. The van der Waals surface area contributed by atoms with Crippen LogP contribution in [0.1, 0.15) is 23.6 Å². The molecule has 1 rings (SSSR count). The highest BCUT2D eigenvalue weighted by Gasteiger charge is 1.96. The van der Waals surface area contributed by atoms with Gasteiger partial charge in [-0.25, -0.2) is 0 Å². The van der Waals surface area contributed by atoms with Crippen LogP contribution in [-0.2, 0) is 0 Å². The van der Waals surface area contributed by atoms with Gasteiger partial charge in [-0.15, -0.1) is 0 Å². The van der Waals surface area contributed by atoms with Gasteiger partial charge in [0.2, 0.25) is 0 Å². The van der Waals surface area contributed by atoms with Crippen LogP contribution in [0.2, 0.25) is 0 Å². The highest BCUT2D eigenvalue weighted by molar-refractivity contribution is 5.55. The van der Waals surface area contributed by atoms with Crippen LogP contribution in [0.5, 0.6) is 0 Å². The minimum atomic E-state index is -0.375. The standard InChI is InChI=1S/C12H16O/c1-9-5-4-6-12(11(9)3)8-7-10(2)13/h4-8,10,13H,1-3H3/b8-7+. The van der Waals surface area contributed by atoms with Crippen LogP contribution in [0.15, 0.2) is 24.3 Å². The van der Waals surface area contributed by atoms with Crippen molar-refractivity contribution in [1.29, 1.82) is 0 Å². The third-order valence-electron chi connectivity index (χ3n) is 2.20. The molecule has 1 atom stereocenters. The Balaban J connectivity index is 2.95. The molecule has 0 aromatic heterocycles. The Kier molecular flexibility index (Phi) is 3.26. The number of hydrogen-bond donors (Lipinski definition) is 1. The van der Waals surface area contributed by atoms with Gasteiger partial charge in [-0.3, -0.25) is 0 Å². The Morgan fingerprint density at radius 3 is 2.62 bits per heavy atom. The molecule has 0 radical (unpaired) electrons. The minimum Gasteiger partial charge on any atom is -0.389 e. The fourth-order valence-electron chi connectivity index (χ4n) is 1.20. The molecule has 1 aromatic rings. The molecule has 0 spiro atoms. The molecule has 70 valence electrons. The van der Waals surface area contributed by atoms with E-state index in [0.717, 1.165) is 0 Å². The van der Waals surface area contributed by atoms with Gasteiger partial charge in [0.25, 0.3) is 0 Å². The van der Waals surface area contributed by atoms with Gasteiger partial charge >= 0.3 is 0 Å². The Bertz CT molecular complexity index is 311. The molecule has 1 aromatic carbocycles. The zero-order valence-corrected chi connectivity index (χ0v) is 8.41. The van der Waals surface area contributed by atoms with Crippen molar-refractivity contribution < 1.29 is 5.11 Å².